The van der Waals surface area contributed by atoms with Crippen LogP contribution in [-0.2, 0) is 15.6 Å². The summed E-state index contributed by atoms with van der Waals surface area (Å²) in [6.07, 6.45) is 3.22. The summed E-state index contributed by atoms with van der Waals surface area (Å²) in [7, 11) is -3.40. The van der Waals surface area contributed by atoms with Gasteiger partial charge in [0.1, 0.15) is 0 Å². The Labute approximate surface area is 136 Å². The fraction of sp³-hybridized carbons (Fsp3) is 0.105. The lowest BCUT2D eigenvalue weighted by Gasteiger charge is -2.10. The smallest absolute Gasteiger partial charge is 0.182 e. The maximum Gasteiger partial charge on any atom is 0.182 e. The number of aryl methyl sites for hydroxylation is 1. The zero-order valence-electron chi connectivity index (χ0n) is 12.8. The van der Waals surface area contributed by atoms with E-state index < -0.39 is 9.84 Å². The summed E-state index contributed by atoms with van der Waals surface area (Å²) in [5.74, 6) is -0.0435. The van der Waals surface area contributed by atoms with Crippen LogP contribution >= 0.6 is 0 Å². The average Bonchev–Trinajstić information content (AvgIpc) is 2.56. The van der Waals surface area contributed by atoms with Gasteiger partial charge in [0.25, 0.3) is 0 Å². The quantitative estimate of drug-likeness (QED) is 0.728. The van der Waals surface area contributed by atoms with Gasteiger partial charge in [0, 0.05) is 12.4 Å². The Hall–Kier alpha value is -2.46. The van der Waals surface area contributed by atoms with Crippen molar-refractivity contribution >= 4 is 9.84 Å². The molecule has 0 unspecified atom stereocenters. The third kappa shape index (κ3) is 3.48. The van der Waals surface area contributed by atoms with Crippen molar-refractivity contribution in [1.29, 1.82) is 0 Å². The Morgan fingerprint density at radius 3 is 2.43 bits per heavy atom. The first-order valence-corrected chi connectivity index (χ1v) is 8.99. The van der Waals surface area contributed by atoms with Gasteiger partial charge in [0.05, 0.1) is 10.6 Å². The molecule has 0 amide bonds. The molecular formula is C19H17NO2S. The van der Waals surface area contributed by atoms with Crippen molar-refractivity contribution in [2.75, 3.05) is 0 Å². The lowest BCUT2D eigenvalue weighted by Crippen LogP contribution is -2.05. The Bertz CT molecular complexity index is 905. The van der Waals surface area contributed by atoms with Gasteiger partial charge in [0.2, 0.25) is 0 Å². The number of hydrogen-bond acceptors (Lipinski definition) is 3. The summed E-state index contributed by atoms with van der Waals surface area (Å²) in [5.41, 5.74) is 3.70. The van der Waals surface area contributed by atoms with Gasteiger partial charge in [0.15, 0.2) is 9.84 Å². The molecule has 0 fully saturated rings. The van der Waals surface area contributed by atoms with E-state index in [1.807, 2.05) is 43.3 Å². The van der Waals surface area contributed by atoms with Crippen LogP contribution in [0, 0.1) is 6.92 Å². The van der Waals surface area contributed by atoms with Crippen LogP contribution in [0.2, 0.25) is 0 Å². The Morgan fingerprint density at radius 1 is 0.957 bits per heavy atom. The first-order valence-electron chi connectivity index (χ1n) is 7.34. The normalized spacial score (nSPS) is 11.3. The van der Waals surface area contributed by atoms with E-state index in [2.05, 4.69) is 4.98 Å². The van der Waals surface area contributed by atoms with Crippen LogP contribution in [0.15, 0.2) is 78.0 Å². The van der Waals surface area contributed by atoms with Gasteiger partial charge in [-0.05, 0) is 47.4 Å². The number of nitrogens with zero attached hydrogens (tertiary/aromatic N) is 1. The van der Waals surface area contributed by atoms with Gasteiger partial charge >= 0.3 is 0 Å². The molecule has 23 heavy (non-hydrogen) atoms. The van der Waals surface area contributed by atoms with Crippen LogP contribution in [-0.4, -0.2) is 13.4 Å². The van der Waals surface area contributed by atoms with E-state index in [0.29, 0.717) is 10.5 Å². The SMILES string of the molecule is Cc1ccc(S(=O)(=O)Cc2cccnc2)cc1-c1ccccc1. The van der Waals surface area contributed by atoms with Gasteiger partial charge in [-0.2, -0.15) is 0 Å². The molecule has 0 radical (unpaired) electrons. The highest BCUT2D eigenvalue weighted by atomic mass is 32.2. The van der Waals surface area contributed by atoms with E-state index in [1.54, 1.807) is 36.7 Å². The standard InChI is InChI=1S/C19H17NO2S/c1-15-9-10-18(12-19(15)17-7-3-2-4-8-17)23(21,22)14-16-6-5-11-20-13-16/h2-13H,14H2,1H3. The van der Waals surface area contributed by atoms with Crippen LogP contribution in [0.25, 0.3) is 11.1 Å². The second-order valence-electron chi connectivity index (χ2n) is 5.46. The molecule has 116 valence electrons. The molecule has 0 aliphatic heterocycles. The van der Waals surface area contributed by atoms with Crippen LogP contribution in [0.3, 0.4) is 0 Å². The molecule has 0 atom stereocenters. The van der Waals surface area contributed by atoms with Crippen molar-refractivity contribution in [3.05, 3.63) is 84.2 Å². The lowest BCUT2D eigenvalue weighted by atomic mass is 10.0. The Balaban J connectivity index is 2.00. The summed E-state index contributed by atoms with van der Waals surface area (Å²) in [6, 6.07) is 18.6. The molecule has 0 N–H and O–H groups in total. The van der Waals surface area contributed by atoms with E-state index in [9.17, 15) is 8.42 Å². The van der Waals surface area contributed by atoms with Crippen molar-refractivity contribution in [3.63, 3.8) is 0 Å². The number of rotatable bonds is 4. The zero-order valence-corrected chi connectivity index (χ0v) is 13.6. The van der Waals surface area contributed by atoms with Crippen molar-refractivity contribution in [2.45, 2.75) is 17.6 Å². The first kappa shape index (κ1) is 15.4. The minimum atomic E-state index is -3.40. The van der Waals surface area contributed by atoms with Crippen molar-refractivity contribution in [1.82, 2.24) is 4.98 Å². The molecule has 0 aliphatic carbocycles. The maximum atomic E-state index is 12.7. The fourth-order valence-electron chi connectivity index (χ4n) is 2.51. The minimum absolute atomic E-state index is 0.0435. The van der Waals surface area contributed by atoms with E-state index in [0.717, 1.165) is 16.7 Å². The first-order chi connectivity index (χ1) is 11.1. The van der Waals surface area contributed by atoms with Crippen molar-refractivity contribution < 1.29 is 8.42 Å². The molecule has 0 saturated carbocycles. The number of pyridine rings is 1. The molecule has 3 aromatic rings. The van der Waals surface area contributed by atoms with Gasteiger partial charge in [-0.15, -0.1) is 0 Å². The van der Waals surface area contributed by atoms with E-state index in [4.69, 9.17) is 0 Å². The molecule has 1 heterocycles. The Kier molecular flexibility index (Phi) is 4.26. The highest BCUT2D eigenvalue weighted by Crippen LogP contribution is 2.27. The second kappa shape index (κ2) is 6.34. The summed E-state index contributed by atoms with van der Waals surface area (Å²) in [4.78, 5) is 4.32. The largest absolute Gasteiger partial charge is 0.264 e. The number of aromatic nitrogens is 1. The molecule has 4 heteroatoms. The van der Waals surface area contributed by atoms with Gasteiger partial charge in [-0.3, -0.25) is 4.98 Å². The summed E-state index contributed by atoms with van der Waals surface area (Å²) in [6.45, 7) is 1.99. The van der Waals surface area contributed by atoms with Gasteiger partial charge < -0.3 is 0 Å². The predicted molar refractivity (Wildman–Crippen MR) is 91.7 cm³/mol. The van der Waals surface area contributed by atoms with Crippen LogP contribution < -0.4 is 0 Å². The van der Waals surface area contributed by atoms with E-state index >= 15 is 0 Å². The maximum absolute atomic E-state index is 12.7. The third-order valence-corrected chi connectivity index (χ3v) is 5.42. The molecule has 1 aromatic heterocycles. The van der Waals surface area contributed by atoms with Crippen LogP contribution in [0.5, 0.6) is 0 Å². The number of hydrogen-bond donors (Lipinski definition) is 0. The van der Waals surface area contributed by atoms with E-state index in [-0.39, 0.29) is 5.75 Å². The van der Waals surface area contributed by atoms with Crippen LogP contribution in [0.4, 0.5) is 0 Å². The highest BCUT2D eigenvalue weighted by Gasteiger charge is 2.17. The monoisotopic (exact) mass is 323 g/mol. The van der Waals surface area contributed by atoms with Crippen LogP contribution in [0.1, 0.15) is 11.1 Å². The number of sulfone groups is 1. The Morgan fingerprint density at radius 2 is 1.74 bits per heavy atom. The molecule has 0 spiro atoms. The second-order valence-corrected chi connectivity index (χ2v) is 7.45. The molecule has 3 nitrogen and oxygen atoms in total. The van der Waals surface area contributed by atoms with Gasteiger partial charge in [-0.25, -0.2) is 8.42 Å². The summed E-state index contributed by atoms with van der Waals surface area (Å²) >= 11 is 0. The zero-order chi connectivity index (χ0) is 16.3. The molecule has 3 rings (SSSR count). The summed E-state index contributed by atoms with van der Waals surface area (Å²) < 4.78 is 25.3. The third-order valence-electron chi connectivity index (χ3n) is 3.73. The van der Waals surface area contributed by atoms with Crippen molar-refractivity contribution in [3.8, 4) is 11.1 Å². The minimum Gasteiger partial charge on any atom is -0.264 e. The molecule has 0 aliphatic rings. The average molecular weight is 323 g/mol. The fourth-order valence-corrected chi connectivity index (χ4v) is 3.86. The molecular weight excluding hydrogens is 306 g/mol. The molecule has 2 aromatic carbocycles. The predicted octanol–water partition coefficient (Wildman–Crippen LogP) is 4.03. The van der Waals surface area contributed by atoms with Crippen molar-refractivity contribution in [2.24, 2.45) is 0 Å². The highest BCUT2D eigenvalue weighted by molar-refractivity contribution is 7.90. The van der Waals surface area contributed by atoms with E-state index in [1.165, 1.54) is 0 Å². The topological polar surface area (TPSA) is 47.0 Å². The molecule has 0 bridgehead atoms. The lowest BCUT2D eigenvalue weighted by molar-refractivity contribution is 0.595. The summed E-state index contributed by atoms with van der Waals surface area (Å²) in [5, 5.41) is 0. The van der Waals surface area contributed by atoms with Gasteiger partial charge in [-0.1, -0.05) is 42.5 Å². The number of benzene rings is 2. The molecule has 0 saturated heterocycles.